The summed E-state index contributed by atoms with van der Waals surface area (Å²) in [5.74, 6) is 2.19. The van der Waals surface area contributed by atoms with Crippen molar-refractivity contribution in [3.8, 4) is 0 Å². The van der Waals surface area contributed by atoms with E-state index in [4.69, 9.17) is 0 Å². The van der Waals surface area contributed by atoms with Gasteiger partial charge in [-0.2, -0.15) is 13.2 Å². The third-order valence-electron chi connectivity index (χ3n) is 5.48. The number of nitrogens with zero attached hydrogens (tertiary/aromatic N) is 3. The van der Waals surface area contributed by atoms with Crippen LogP contribution in [0.3, 0.4) is 0 Å². The SMILES string of the molecule is Cc1nc(NC2CCC(CNC(=O)c3cccc(C(F)(F)F)c3)CC2)cc(N(C)C)n1. The molecular weight excluding hydrogens is 407 g/mol. The van der Waals surface area contributed by atoms with Gasteiger partial charge in [-0.25, -0.2) is 9.97 Å². The number of hydrogen-bond donors (Lipinski definition) is 2. The molecule has 0 saturated heterocycles. The third-order valence-corrected chi connectivity index (χ3v) is 5.48. The molecule has 168 valence electrons. The quantitative estimate of drug-likeness (QED) is 0.709. The summed E-state index contributed by atoms with van der Waals surface area (Å²) >= 11 is 0. The van der Waals surface area contributed by atoms with Gasteiger partial charge in [-0.15, -0.1) is 0 Å². The van der Waals surface area contributed by atoms with Crippen molar-refractivity contribution >= 4 is 17.5 Å². The molecule has 2 N–H and O–H groups in total. The number of amides is 1. The van der Waals surface area contributed by atoms with Crippen molar-refractivity contribution in [3.63, 3.8) is 0 Å². The van der Waals surface area contributed by atoms with E-state index in [0.29, 0.717) is 24.3 Å². The van der Waals surface area contributed by atoms with Crippen LogP contribution in [-0.2, 0) is 6.18 Å². The fourth-order valence-electron chi connectivity index (χ4n) is 3.75. The zero-order chi connectivity index (χ0) is 22.6. The van der Waals surface area contributed by atoms with Gasteiger partial charge in [0, 0.05) is 38.3 Å². The molecule has 1 heterocycles. The van der Waals surface area contributed by atoms with E-state index in [9.17, 15) is 18.0 Å². The summed E-state index contributed by atoms with van der Waals surface area (Å²) in [6.45, 7) is 2.32. The minimum absolute atomic E-state index is 0.0287. The highest BCUT2D eigenvalue weighted by Crippen LogP contribution is 2.30. The number of aryl methyl sites for hydroxylation is 1. The maximum Gasteiger partial charge on any atom is 0.416 e. The molecule has 1 saturated carbocycles. The number of benzene rings is 1. The lowest BCUT2D eigenvalue weighted by Gasteiger charge is -2.29. The second-order valence-electron chi connectivity index (χ2n) is 8.20. The smallest absolute Gasteiger partial charge is 0.367 e. The Hall–Kier alpha value is -2.84. The normalized spacial score (nSPS) is 19.0. The number of alkyl halides is 3. The van der Waals surface area contributed by atoms with E-state index in [1.807, 2.05) is 32.0 Å². The molecule has 9 heteroatoms. The first-order chi connectivity index (χ1) is 14.6. The van der Waals surface area contributed by atoms with Gasteiger partial charge in [-0.05, 0) is 56.7 Å². The van der Waals surface area contributed by atoms with E-state index < -0.39 is 17.6 Å². The standard InChI is InChI=1S/C22H28F3N5O/c1-14-27-19(12-20(28-14)30(2)3)29-18-9-7-15(8-10-18)13-26-21(31)16-5-4-6-17(11-16)22(23,24)25/h4-6,11-12,15,18H,7-10,13H2,1-3H3,(H,26,31)(H,27,28,29). The summed E-state index contributed by atoms with van der Waals surface area (Å²) in [5, 5.41) is 6.26. The van der Waals surface area contributed by atoms with Crippen LogP contribution in [0.2, 0.25) is 0 Å². The average molecular weight is 435 g/mol. The molecule has 6 nitrogen and oxygen atoms in total. The van der Waals surface area contributed by atoms with Crippen LogP contribution in [-0.4, -0.2) is 42.6 Å². The van der Waals surface area contributed by atoms with Gasteiger partial charge in [0.15, 0.2) is 0 Å². The lowest BCUT2D eigenvalue weighted by molar-refractivity contribution is -0.137. The molecule has 31 heavy (non-hydrogen) atoms. The highest BCUT2D eigenvalue weighted by molar-refractivity contribution is 5.94. The van der Waals surface area contributed by atoms with Gasteiger partial charge in [0.25, 0.3) is 5.91 Å². The van der Waals surface area contributed by atoms with Crippen LogP contribution in [0.5, 0.6) is 0 Å². The minimum atomic E-state index is -4.46. The van der Waals surface area contributed by atoms with Gasteiger partial charge >= 0.3 is 6.18 Å². The molecule has 1 aliphatic rings. The van der Waals surface area contributed by atoms with E-state index in [1.165, 1.54) is 12.1 Å². The average Bonchev–Trinajstić information content (AvgIpc) is 2.72. The number of nitrogens with one attached hydrogen (secondary N) is 2. The van der Waals surface area contributed by atoms with Crippen molar-refractivity contribution in [2.75, 3.05) is 30.9 Å². The second-order valence-corrected chi connectivity index (χ2v) is 8.20. The van der Waals surface area contributed by atoms with Crippen molar-refractivity contribution in [3.05, 3.63) is 47.3 Å². The van der Waals surface area contributed by atoms with Crippen molar-refractivity contribution in [2.45, 2.75) is 44.8 Å². The summed E-state index contributed by atoms with van der Waals surface area (Å²) in [6, 6.07) is 6.73. The molecule has 2 aromatic rings. The van der Waals surface area contributed by atoms with E-state index in [-0.39, 0.29) is 5.56 Å². The molecule has 1 fully saturated rings. The maximum atomic E-state index is 12.8. The van der Waals surface area contributed by atoms with Crippen molar-refractivity contribution in [1.29, 1.82) is 0 Å². The maximum absolute atomic E-state index is 12.8. The van der Waals surface area contributed by atoms with Crippen molar-refractivity contribution < 1.29 is 18.0 Å². The predicted molar refractivity (Wildman–Crippen MR) is 114 cm³/mol. The molecule has 1 aromatic heterocycles. The highest BCUT2D eigenvalue weighted by Gasteiger charge is 2.31. The number of hydrogen-bond acceptors (Lipinski definition) is 5. The Morgan fingerprint density at radius 1 is 1.13 bits per heavy atom. The van der Waals surface area contributed by atoms with E-state index in [0.717, 1.165) is 49.5 Å². The summed E-state index contributed by atoms with van der Waals surface area (Å²) in [6.07, 6.45) is -0.748. The number of anilines is 2. The first-order valence-corrected chi connectivity index (χ1v) is 10.4. The molecule has 1 aliphatic carbocycles. The number of carbonyl (C=O) groups is 1. The molecule has 0 unspecified atom stereocenters. The molecule has 0 bridgehead atoms. The molecule has 0 atom stereocenters. The van der Waals surface area contributed by atoms with Gasteiger partial charge < -0.3 is 15.5 Å². The molecule has 1 aromatic carbocycles. The largest absolute Gasteiger partial charge is 0.416 e. The lowest BCUT2D eigenvalue weighted by Crippen LogP contribution is -2.34. The van der Waals surface area contributed by atoms with E-state index in [2.05, 4.69) is 20.6 Å². The van der Waals surface area contributed by atoms with Crippen molar-refractivity contribution in [2.24, 2.45) is 5.92 Å². The van der Waals surface area contributed by atoms with Crippen LogP contribution in [0.15, 0.2) is 30.3 Å². The Bertz CT molecular complexity index is 908. The minimum Gasteiger partial charge on any atom is -0.367 e. The Labute approximate surface area is 180 Å². The second kappa shape index (κ2) is 9.53. The van der Waals surface area contributed by atoms with E-state index in [1.54, 1.807) is 0 Å². The van der Waals surface area contributed by atoms with Crippen molar-refractivity contribution in [1.82, 2.24) is 15.3 Å². The number of aromatic nitrogens is 2. The Morgan fingerprint density at radius 3 is 2.48 bits per heavy atom. The van der Waals surface area contributed by atoms with Gasteiger partial charge in [0.05, 0.1) is 5.56 Å². The summed E-state index contributed by atoms with van der Waals surface area (Å²) in [5.41, 5.74) is -0.787. The Balaban J connectivity index is 1.48. The molecular formula is C22H28F3N5O. The molecule has 0 radical (unpaired) electrons. The van der Waals surface area contributed by atoms with Crippen LogP contribution in [0.4, 0.5) is 24.8 Å². The fourth-order valence-corrected chi connectivity index (χ4v) is 3.75. The van der Waals surface area contributed by atoms with Crippen LogP contribution < -0.4 is 15.5 Å². The molecule has 3 rings (SSSR count). The van der Waals surface area contributed by atoms with Crippen LogP contribution in [0.1, 0.15) is 47.4 Å². The summed E-state index contributed by atoms with van der Waals surface area (Å²) in [4.78, 5) is 23.1. The zero-order valence-corrected chi connectivity index (χ0v) is 18.0. The molecule has 1 amide bonds. The van der Waals surface area contributed by atoms with Gasteiger partial charge in [-0.1, -0.05) is 6.07 Å². The summed E-state index contributed by atoms with van der Waals surface area (Å²) in [7, 11) is 3.87. The zero-order valence-electron chi connectivity index (χ0n) is 18.0. The Kier molecular flexibility index (Phi) is 7.02. The monoisotopic (exact) mass is 435 g/mol. The van der Waals surface area contributed by atoms with Crippen LogP contribution in [0.25, 0.3) is 0 Å². The van der Waals surface area contributed by atoms with Crippen LogP contribution in [0, 0.1) is 12.8 Å². The van der Waals surface area contributed by atoms with Gasteiger partial charge in [-0.3, -0.25) is 4.79 Å². The number of rotatable bonds is 6. The third kappa shape index (κ3) is 6.32. The first-order valence-electron chi connectivity index (χ1n) is 10.4. The topological polar surface area (TPSA) is 70.2 Å². The lowest BCUT2D eigenvalue weighted by atomic mass is 9.86. The molecule has 0 spiro atoms. The Morgan fingerprint density at radius 2 is 1.84 bits per heavy atom. The predicted octanol–water partition coefficient (Wildman–Crippen LogP) is 4.27. The van der Waals surface area contributed by atoms with Gasteiger partial charge in [0.2, 0.25) is 0 Å². The number of halogens is 3. The highest BCUT2D eigenvalue weighted by atomic mass is 19.4. The summed E-state index contributed by atoms with van der Waals surface area (Å²) < 4.78 is 38.5. The molecule has 0 aliphatic heterocycles. The fraction of sp³-hybridized carbons (Fsp3) is 0.500. The van der Waals surface area contributed by atoms with Crippen LogP contribution >= 0.6 is 0 Å². The number of carbonyl (C=O) groups excluding carboxylic acids is 1. The van der Waals surface area contributed by atoms with E-state index >= 15 is 0 Å². The first kappa shape index (κ1) is 22.8. The van der Waals surface area contributed by atoms with Gasteiger partial charge in [0.1, 0.15) is 17.5 Å².